The maximum Gasteiger partial charge on any atom is 0.237 e. The van der Waals surface area contributed by atoms with Gasteiger partial charge in [-0.05, 0) is 74.5 Å². The van der Waals surface area contributed by atoms with E-state index in [1.807, 2.05) is 0 Å². The summed E-state index contributed by atoms with van der Waals surface area (Å²) in [5.74, 6) is 4.09. The highest BCUT2D eigenvalue weighted by atomic mass is 16.1. The van der Waals surface area contributed by atoms with Gasteiger partial charge in [0.05, 0.1) is 0 Å². The van der Waals surface area contributed by atoms with Crippen LogP contribution in [-0.2, 0) is 0 Å². The van der Waals surface area contributed by atoms with Gasteiger partial charge in [-0.1, -0.05) is 134 Å². The van der Waals surface area contributed by atoms with E-state index in [9.17, 15) is 4.79 Å². The minimum absolute atomic E-state index is 0.153. The summed E-state index contributed by atoms with van der Waals surface area (Å²) in [4.78, 5) is 13.3. The molecule has 6 saturated carbocycles. The standard InChI is InChI=1S/C35H62BNO/c38-33(36-32-21-11-7-2-1-3-8-12-22-32)37-35-26-23-34(24-27-35,25-28-35)31-19-13-17-30(18-14-20-31)29-15-9-5-4-6-10-16-29/h29-32,36H,1-28H2,(H,37,38). The van der Waals surface area contributed by atoms with Crippen LogP contribution in [0.4, 0.5) is 4.79 Å². The molecular formula is C35H62BNO. The maximum atomic E-state index is 13.3. The molecular weight excluding hydrogens is 461 g/mol. The van der Waals surface area contributed by atoms with Crippen LogP contribution in [0.2, 0.25) is 5.82 Å². The monoisotopic (exact) mass is 523 g/mol. The molecule has 0 unspecified atom stereocenters. The zero-order valence-corrected chi connectivity index (χ0v) is 25.2. The first-order valence-corrected chi connectivity index (χ1v) is 18.0. The summed E-state index contributed by atoms with van der Waals surface area (Å²) < 4.78 is 0. The van der Waals surface area contributed by atoms with Gasteiger partial charge in [-0.3, -0.25) is 4.79 Å². The average molecular weight is 524 g/mol. The molecule has 6 aliphatic rings. The van der Waals surface area contributed by atoms with Crippen molar-refractivity contribution in [2.75, 3.05) is 0 Å². The first-order valence-electron chi connectivity index (χ1n) is 18.0. The quantitative estimate of drug-likeness (QED) is 0.357. The fourth-order valence-corrected chi connectivity index (χ4v) is 10.3. The summed E-state index contributed by atoms with van der Waals surface area (Å²) >= 11 is 0. The van der Waals surface area contributed by atoms with Gasteiger partial charge in [0.15, 0.2) is 5.81 Å². The smallest absolute Gasteiger partial charge is 0.237 e. The predicted octanol–water partition coefficient (Wildman–Crippen LogP) is 10.5. The van der Waals surface area contributed by atoms with Crippen molar-refractivity contribution in [2.45, 2.75) is 191 Å². The van der Waals surface area contributed by atoms with E-state index in [1.54, 1.807) is 0 Å². The number of hydrogen-bond acceptors (Lipinski definition) is 1. The van der Waals surface area contributed by atoms with Gasteiger partial charge >= 0.3 is 0 Å². The van der Waals surface area contributed by atoms with Crippen molar-refractivity contribution >= 4 is 13.1 Å². The molecule has 1 amide bonds. The molecule has 0 radical (unpaired) electrons. The van der Waals surface area contributed by atoms with Crippen LogP contribution in [0.3, 0.4) is 0 Å². The van der Waals surface area contributed by atoms with E-state index < -0.39 is 0 Å². The molecule has 2 bridgehead atoms. The molecule has 0 aromatic heterocycles. The minimum atomic E-state index is 0.153. The van der Waals surface area contributed by atoms with E-state index >= 15 is 0 Å². The van der Waals surface area contributed by atoms with Gasteiger partial charge in [-0.25, -0.2) is 0 Å². The SMILES string of the molecule is O=C(BC1CCCCCCCCC1)NC12CCC(C3CCCC(C4CCCCCCC4)CCC3)(CC1)CC2. The summed E-state index contributed by atoms with van der Waals surface area (Å²) in [7, 11) is 0.803. The number of rotatable bonds is 5. The fraction of sp³-hybridized carbons (Fsp3) is 0.971. The lowest BCUT2D eigenvalue weighted by Crippen LogP contribution is -2.58. The third-order valence-corrected chi connectivity index (χ3v) is 12.8. The topological polar surface area (TPSA) is 29.1 Å². The van der Waals surface area contributed by atoms with E-state index in [1.165, 1.54) is 180 Å². The Bertz CT molecular complexity index is 668. The molecule has 2 nitrogen and oxygen atoms in total. The summed E-state index contributed by atoms with van der Waals surface area (Å²) in [5.41, 5.74) is 0.773. The Hall–Kier alpha value is -0.465. The lowest BCUT2D eigenvalue weighted by atomic mass is 9.51. The molecule has 0 spiro atoms. The third-order valence-electron chi connectivity index (χ3n) is 12.8. The van der Waals surface area contributed by atoms with Crippen molar-refractivity contribution in [1.29, 1.82) is 0 Å². The third kappa shape index (κ3) is 7.84. The van der Waals surface area contributed by atoms with Crippen LogP contribution in [0.5, 0.6) is 0 Å². The van der Waals surface area contributed by atoms with Gasteiger partial charge in [0, 0.05) is 5.54 Å². The van der Waals surface area contributed by atoms with Crippen LogP contribution in [0.15, 0.2) is 0 Å². The Kier molecular flexibility index (Phi) is 11.0. The molecule has 6 fully saturated rings. The number of fused-ring (bicyclic) bond motifs is 3. The maximum absolute atomic E-state index is 13.3. The molecule has 0 aromatic rings. The predicted molar refractivity (Wildman–Crippen MR) is 164 cm³/mol. The van der Waals surface area contributed by atoms with Crippen molar-refractivity contribution < 1.29 is 4.79 Å². The number of carbonyl (C=O) groups is 1. The molecule has 6 aliphatic carbocycles. The van der Waals surface area contributed by atoms with Crippen LogP contribution in [0.25, 0.3) is 0 Å². The van der Waals surface area contributed by atoms with Gasteiger partial charge in [0.25, 0.3) is 0 Å². The van der Waals surface area contributed by atoms with Crippen molar-refractivity contribution in [1.82, 2.24) is 5.32 Å². The Balaban J connectivity index is 1.07. The van der Waals surface area contributed by atoms with E-state index in [4.69, 9.17) is 0 Å². The summed E-state index contributed by atoms with van der Waals surface area (Å²) in [6, 6.07) is 0. The largest absolute Gasteiger partial charge is 0.360 e. The first-order chi connectivity index (χ1) is 18.7. The van der Waals surface area contributed by atoms with Crippen molar-refractivity contribution in [3.8, 4) is 0 Å². The Morgan fingerprint density at radius 3 is 1.42 bits per heavy atom. The Morgan fingerprint density at radius 2 is 0.921 bits per heavy atom. The normalized spacial score (nSPS) is 37.3. The molecule has 0 atom stereocenters. The molecule has 0 aromatic carbocycles. The zero-order valence-electron chi connectivity index (χ0n) is 25.2. The van der Waals surface area contributed by atoms with Gasteiger partial charge in [-0.15, -0.1) is 0 Å². The lowest BCUT2D eigenvalue weighted by Gasteiger charge is -2.57. The first kappa shape index (κ1) is 29.0. The van der Waals surface area contributed by atoms with Gasteiger partial charge < -0.3 is 5.32 Å². The van der Waals surface area contributed by atoms with Gasteiger partial charge in [-0.2, -0.15) is 0 Å². The minimum Gasteiger partial charge on any atom is -0.360 e. The van der Waals surface area contributed by atoms with Gasteiger partial charge in [0.2, 0.25) is 7.28 Å². The number of hydrogen-bond donors (Lipinski definition) is 1. The molecule has 38 heavy (non-hydrogen) atoms. The molecule has 1 N–H and O–H groups in total. The van der Waals surface area contributed by atoms with Crippen LogP contribution in [-0.4, -0.2) is 18.6 Å². The van der Waals surface area contributed by atoms with Gasteiger partial charge in [0.1, 0.15) is 0 Å². The molecule has 3 heteroatoms. The highest BCUT2D eigenvalue weighted by Gasteiger charge is 2.52. The van der Waals surface area contributed by atoms with E-state index in [-0.39, 0.29) is 5.54 Å². The molecule has 6 rings (SSSR count). The fourth-order valence-electron chi connectivity index (χ4n) is 10.3. The Morgan fingerprint density at radius 1 is 0.500 bits per heavy atom. The average Bonchev–Trinajstić information content (AvgIpc) is 2.89. The number of carbonyl (C=O) groups excluding carboxylic acids is 1. The number of nitrogens with one attached hydrogen (secondary N) is 1. The van der Waals surface area contributed by atoms with Crippen molar-refractivity contribution in [2.24, 2.45) is 23.2 Å². The summed E-state index contributed by atoms with van der Waals surface area (Å²) in [6.07, 6.45) is 39.9. The second kappa shape index (κ2) is 14.4. The van der Waals surface area contributed by atoms with E-state index in [0.29, 0.717) is 17.0 Å². The summed E-state index contributed by atoms with van der Waals surface area (Å²) in [6.45, 7) is 0. The lowest BCUT2D eigenvalue weighted by molar-refractivity contribution is -0.0267. The second-order valence-electron chi connectivity index (χ2n) is 15.2. The highest BCUT2D eigenvalue weighted by molar-refractivity contribution is 6.74. The van der Waals surface area contributed by atoms with E-state index in [0.717, 1.165) is 25.0 Å². The van der Waals surface area contributed by atoms with Crippen LogP contribution < -0.4 is 5.32 Å². The van der Waals surface area contributed by atoms with Crippen LogP contribution >= 0.6 is 0 Å². The Labute approximate surface area is 237 Å². The summed E-state index contributed by atoms with van der Waals surface area (Å²) in [5, 5.41) is 3.69. The zero-order chi connectivity index (χ0) is 26.1. The number of amides is 1. The van der Waals surface area contributed by atoms with Crippen molar-refractivity contribution in [3.63, 3.8) is 0 Å². The molecule has 0 heterocycles. The molecule has 216 valence electrons. The van der Waals surface area contributed by atoms with E-state index in [2.05, 4.69) is 5.32 Å². The van der Waals surface area contributed by atoms with Crippen LogP contribution in [0, 0.1) is 23.2 Å². The van der Waals surface area contributed by atoms with Crippen LogP contribution in [0.1, 0.15) is 180 Å². The highest BCUT2D eigenvalue weighted by Crippen LogP contribution is 2.58. The van der Waals surface area contributed by atoms with Crippen molar-refractivity contribution in [3.05, 3.63) is 0 Å². The molecule has 0 aliphatic heterocycles. The molecule has 0 saturated heterocycles. The second-order valence-corrected chi connectivity index (χ2v) is 15.2.